The van der Waals surface area contributed by atoms with E-state index in [9.17, 15) is 0 Å². The van der Waals surface area contributed by atoms with Crippen LogP contribution in [0.2, 0.25) is 0 Å². The number of hydrogen-bond acceptors (Lipinski definition) is 2. The van der Waals surface area contributed by atoms with Gasteiger partial charge in [0.15, 0.2) is 0 Å². The first-order valence-electron chi connectivity index (χ1n) is 7.93. The van der Waals surface area contributed by atoms with Crippen LogP contribution in [0.4, 0.5) is 11.4 Å². The van der Waals surface area contributed by atoms with Gasteiger partial charge in [-0.15, -0.1) is 0 Å². The van der Waals surface area contributed by atoms with E-state index in [0.717, 1.165) is 5.92 Å². The molecule has 0 amide bonds. The van der Waals surface area contributed by atoms with Crippen LogP contribution in [0.5, 0.6) is 0 Å². The molecule has 1 saturated heterocycles. The fourth-order valence-corrected chi connectivity index (χ4v) is 3.38. The Hall–Kier alpha value is -1.18. The fourth-order valence-electron chi connectivity index (χ4n) is 3.38. The van der Waals surface area contributed by atoms with Crippen LogP contribution in [0.15, 0.2) is 24.3 Å². The standard InChI is InChI=1S/C17H26N2/c1-14(13-15-7-6-8-15)18-16-9-2-3-10-17(16)19-11-4-5-12-19/h2-3,9-10,14-15,18H,4-8,11-13H2,1H3. The van der Waals surface area contributed by atoms with Gasteiger partial charge in [0, 0.05) is 19.1 Å². The van der Waals surface area contributed by atoms with Gasteiger partial charge in [0.25, 0.3) is 0 Å². The van der Waals surface area contributed by atoms with Crippen LogP contribution in [0.3, 0.4) is 0 Å². The fraction of sp³-hybridized carbons (Fsp3) is 0.647. The van der Waals surface area contributed by atoms with Gasteiger partial charge in [-0.25, -0.2) is 0 Å². The molecule has 0 bridgehead atoms. The van der Waals surface area contributed by atoms with Crippen LogP contribution in [-0.2, 0) is 0 Å². The molecular formula is C17H26N2. The molecule has 0 aromatic heterocycles. The highest BCUT2D eigenvalue weighted by Crippen LogP contribution is 2.33. The summed E-state index contributed by atoms with van der Waals surface area (Å²) < 4.78 is 0. The zero-order chi connectivity index (χ0) is 13.1. The number of rotatable bonds is 5. The molecule has 1 N–H and O–H groups in total. The highest BCUT2D eigenvalue weighted by Gasteiger charge is 2.21. The van der Waals surface area contributed by atoms with Gasteiger partial charge >= 0.3 is 0 Å². The predicted octanol–water partition coefficient (Wildman–Crippen LogP) is 4.28. The molecule has 1 aromatic carbocycles. The van der Waals surface area contributed by atoms with Crippen molar-refractivity contribution in [2.24, 2.45) is 5.92 Å². The minimum absolute atomic E-state index is 0.592. The van der Waals surface area contributed by atoms with Crippen LogP contribution in [0.1, 0.15) is 45.4 Å². The molecule has 19 heavy (non-hydrogen) atoms. The van der Waals surface area contributed by atoms with Crippen LogP contribution in [0.25, 0.3) is 0 Å². The van der Waals surface area contributed by atoms with E-state index in [1.54, 1.807) is 0 Å². The summed E-state index contributed by atoms with van der Waals surface area (Å²) >= 11 is 0. The van der Waals surface area contributed by atoms with Crippen LogP contribution in [0, 0.1) is 5.92 Å². The Morgan fingerprint density at radius 3 is 2.58 bits per heavy atom. The van der Waals surface area contributed by atoms with E-state index in [4.69, 9.17) is 0 Å². The van der Waals surface area contributed by atoms with Crippen molar-refractivity contribution < 1.29 is 0 Å². The lowest BCUT2D eigenvalue weighted by atomic mass is 9.81. The van der Waals surface area contributed by atoms with Crippen LogP contribution < -0.4 is 10.2 Å². The lowest BCUT2D eigenvalue weighted by molar-refractivity contribution is 0.286. The summed E-state index contributed by atoms with van der Waals surface area (Å²) in [4.78, 5) is 2.53. The van der Waals surface area contributed by atoms with Crippen molar-refractivity contribution in [3.05, 3.63) is 24.3 Å². The normalized spacial score (nSPS) is 21.2. The summed E-state index contributed by atoms with van der Waals surface area (Å²) in [6.45, 7) is 4.77. The van der Waals surface area contributed by atoms with E-state index in [0.29, 0.717) is 6.04 Å². The summed E-state index contributed by atoms with van der Waals surface area (Å²) in [5.41, 5.74) is 2.73. The third kappa shape index (κ3) is 3.05. The molecule has 1 aliphatic heterocycles. The second-order valence-corrected chi connectivity index (χ2v) is 6.29. The van der Waals surface area contributed by atoms with Crippen molar-refractivity contribution in [2.75, 3.05) is 23.3 Å². The Labute approximate surface area is 117 Å². The quantitative estimate of drug-likeness (QED) is 0.848. The third-order valence-corrected chi connectivity index (χ3v) is 4.66. The highest BCUT2D eigenvalue weighted by molar-refractivity contribution is 5.70. The van der Waals surface area contributed by atoms with E-state index in [-0.39, 0.29) is 0 Å². The Morgan fingerprint density at radius 2 is 1.89 bits per heavy atom. The van der Waals surface area contributed by atoms with Crippen molar-refractivity contribution >= 4 is 11.4 Å². The number of nitrogens with one attached hydrogen (secondary N) is 1. The minimum Gasteiger partial charge on any atom is -0.381 e. The van der Waals surface area contributed by atoms with Gasteiger partial charge in [-0.3, -0.25) is 0 Å². The number of nitrogens with zero attached hydrogens (tertiary/aromatic N) is 1. The Bertz CT molecular complexity index is 405. The number of benzene rings is 1. The molecule has 0 spiro atoms. The molecule has 0 radical (unpaired) electrons. The molecule has 1 heterocycles. The molecule has 1 aromatic rings. The summed E-state index contributed by atoms with van der Waals surface area (Å²) in [5, 5.41) is 3.74. The molecule has 2 aliphatic rings. The van der Waals surface area contributed by atoms with Crippen molar-refractivity contribution in [1.82, 2.24) is 0 Å². The average molecular weight is 258 g/mol. The summed E-state index contributed by atoms with van der Waals surface area (Å²) in [6, 6.07) is 9.41. The van der Waals surface area contributed by atoms with E-state index in [1.165, 1.54) is 63.0 Å². The maximum absolute atomic E-state index is 3.74. The lowest BCUT2D eigenvalue weighted by Crippen LogP contribution is -2.25. The number of hydrogen-bond donors (Lipinski definition) is 1. The van der Waals surface area contributed by atoms with Gasteiger partial charge in [0.2, 0.25) is 0 Å². The topological polar surface area (TPSA) is 15.3 Å². The second-order valence-electron chi connectivity index (χ2n) is 6.29. The maximum Gasteiger partial charge on any atom is 0.0602 e. The van der Waals surface area contributed by atoms with E-state index >= 15 is 0 Å². The predicted molar refractivity (Wildman–Crippen MR) is 82.9 cm³/mol. The highest BCUT2D eigenvalue weighted by atomic mass is 15.2. The Morgan fingerprint density at radius 1 is 1.16 bits per heavy atom. The molecular weight excluding hydrogens is 232 g/mol. The molecule has 2 heteroatoms. The van der Waals surface area contributed by atoms with Gasteiger partial charge in [-0.05, 0) is 44.2 Å². The summed E-state index contributed by atoms with van der Waals surface area (Å²) in [7, 11) is 0. The van der Waals surface area contributed by atoms with Crippen LogP contribution >= 0.6 is 0 Å². The van der Waals surface area contributed by atoms with Crippen LogP contribution in [-0.4, -0.2) is 19.1 Å². The summed E-state index contributed by atoms with van der Waals surface area (Å²) in [5.74, 6) is 0.974. The van der Waals surface area contributed by atoms with Crippen molar-refractivity contribution in [2.45, 2.75) is 51.5 Å². The molecule has 1 atom stereocenters. The van der Waals surface area contributed by atoms with Gasteiger partial charge in [-0.2, -0.15) is 0 Å². The molecule has 104 valence electrons. The number of para-hydroxylation sites is 2. The molecule has 1 saturated carbocycles. The first kappa shape index (κ1) is 12.8. The zero-order valence-corrected chi connectivity index (χ0v) is 12.1. The van der Waals surface area contributed by atoms with Gasteiger partial charge in [0.05, 0.1) is 11.4 Å². The SMILES string of the molecule is CC(CC1CCC1)Nc1ccccc1N1CCCC1. The maximum atomic E-state index is 3.74. The smallest absolute Gasteiger partial charge is 0.0602 e. The molecule has 2 nitrogen and oxygen atoms in total. The number of anilines is 2. The van der Waals surface area contributed by atoms with Gasteiger partial charge in [0.1, 0.15) is 0 Å². The Balaban J connectivity index is 1.65. The van der Waals surface area contributed by atoms with E-state index in [1.807, 2.05) is 0 Å². The molecule has 1 aliphatic carbocycles. The zero-order valence-electron chi connectivity index (χ0n) is 12.1. The van der Waals surface area contributed by atoms with Crippen molar-refractivity contribution in [3.8, 4) is 0 Å². The van der Waals surface area contributed by atoms with Gasteiger partial charge in [-0.1, -0.05) is 31.4 Å². The first-order valence-corrected chi connectivity index (χ1v) is 7.93. The average Bonchev–Trinajstić information content (AvgIpc) is 2.88. The van der Waals surface area contributed by atoms with Crippen molar-refractivity contribution in [3.63, 3.8) is 0 Å². The molecule has 2 fully saturated rings. The lowest BCUT2D eigenvalue weighted by Gasteiger charge is -2.30. The monoisotopic (exact) mass is 258 g/mol. The van der Waals surface area contributed by atoms with Gasteiger partial charge < -0.3 is 10.2 Å². The van der Waals surface area contributed by atoms with Crippen molar-refractivity contribution in [1.29, 1.82) is 0 Å². The second kappa shape index (κ2) is 5.85. The Kier molecular flexibility index (Phi) is 3.95. The molecule has 1 unspecified atom stereocenters. The minimum atomic E-state index is 0.592. The summed E-state index contributed by atoms with van der Waals surface area (Å²) in [6.07, 6.45) is 8.34. The largest absolute Gasteiger partial charge is 0.381 e. The van der Waals surface area contributed by atoms with E-state index < -0.39 is 0 Å². The third-order valence-electron chi connectivity index (χ3n) is 4.66. The van der Waals surface area contributed by atoms with E-state index in [2.05, 4.69) is 41.4 Å². The first-order chi connectivity index (χ1) is 9.33. The molecule has 3 rings (SSSR count).